The number of thiophene rings is 1. The molecule has 30 heavy (non-hydrogen) atoms. The molecule has 2 aromatic rings. The molecule has 1 aromatic carbocycles. The molecule has 1 saturated carbocycles. The van der Waals surface area contributed by atoms with E-state index in [-0.39, 0.29) is 18.6 Å². The fraction of sp³-hybridized carbons (Fsp3) is 0.500. The topological polar surface area (TPSA) is 64.6 Å². The van der Waals surface area contributed by atoms with Crippen LogP contribution in [0.15, 0.2) is 24.3 Å². The fourth-order valence-electron chi connectivity index (χ4n) is 4.57. The van der Waals surface area contributed by atoms with E-state index in [1.807, 2.05) is 12.1 Å². The molecule has 2 aliphatic rings. The average Bonchev–Trinajstić information content (AvgIpc) is 3.19. The summed E-state index contributed by atoms with van der Waals surface area (Å²) in [6.07, 6.45) is 5.14. The molecule has 0 aliphatic heterocycles. The van der Waals surface area contributed by atoms with E-state index >= 15 is 0 Å². The quantitative estimate of drug-likeness (QED) is 0.707. The van der Waals surface area contributed by atoms with Crippen molar-refractivity contribution < 1.29 is 19.1 Å². The normalized spacial score (nSPS) is 22.6. The summed E-state index contributed by atoms with van der Waals surface area (Å²) in [7, 11) is 1.67. The maximum atomic E-state index is 12.6. The van der Waals surface area contributed by atoms with Crippen LogP contribution in [0.5, 0.6) is 5.75 Å². The lowest BCUT2D eigenvalue weighted by Gasteiger charge is -2.34. The SMILES string of the molecule is COc1ccc2c(c1)CCc1cc(C(=O)OCC(=O)N[C@H]3CCC[C@@H](C)[C@H]3C)sc1-2. The van der Waals surface area contributed by atoms with Crippen LogP contribution in [0.1, 0.15) is 53.9 Å². The number of benzene rings is 1. The molecule has 1 heterocycles. The number of carbonyl (C=O) groups is 2. The zero-order valence-corrected chi connectivity index (χ0v) is 18.6. The number of aryl methyl sites for hydroxylation is 2. The first-order chi connectivity index (χ1) is 14.5. The van der Waals surface area contributed by atoms with Crippen LogP contribution in [-0.4, -0.2) is 31.6 Å². The van der Waals surface area contributed by atoms with Gasteiger partial charge in [0.15, 0.2) is 6.61 Å². The minimum Gasteiger partial charge on any atom is -0.497 e. The van der Waals surface area contributed by atoms with Crippen LogP contribution >= 0.6 is 11.3 Å². The molecule has 160 valence electrons. The molecule has 0 bridgehead atoms. The Morgan fingerprint density at radius 1 is 1.13 bits per heavy atom. The van der Waals surface area contributed by atoms with Gasteiger partial charge in [-0.2, -0.15) is 0 Å². The van der Waals surface area contributed by atoms with E-state index in [4.69, 9.17) is 9.47 Å². The minimum atomic E-state index is -0.426. The van der Waals surface area contributed by atoms with Gasteiger partial charge >= 0.3 is 5.97 Å². The molecule has 4 rings (SSSR count). The van der Waals surface area contributed by atoms with Gasteiger partial charge in [-0.1, -0.05) is 26.7 Å². The van der Waals surface area contributed by atoms with Gasteiger partial charge in [0.2, 0.25) is 0 Å². The maximum absolute atomic E-state index is 12.6. The van der Waals surface area contributed by atoms with Crippen LogP contribution in [0, 0.1) is 11.8 Å². The van der Waals surface area contributed by atoms with Crippen LogP contribution in [0.2, 0.25) is 0 Å². The van der Waals surface area contributed by atoms with Crippen LogP contribution < -0.4 is 10.1 Å². The van der Waals surface area contributed by atoms with Crippen LogP contribution in [0.3, 0.4) is 0 Å². The third-order valence-electron chi connectivity index (χ3n) is 6.62. The smallest absolute Gasteiger partial charge is 0.348 e. The molecule has 3 atom stereocenters. The van der Waals surface area contributed by atoms with Gasteiger partial charge in [-0.25, -0.2) is 4.79 Å². The zero-order valence-electron chi connectivity index (χ0n) is 17.8. The number of methoxy groups -OCH3 is 1. The molecule has 1 aromatic heterocycles. The second-order valence-corrected chi connectivity index (χ2v) is 9.56. The number of fused-ring (bicyclic) bond motifs is 3. The molecule has 1 fully saturated rings. The second-order valence-electron chi connectivity index (χ2n) is 8.51. The van der Waals surface area contributed by atoms with E-state index < -0.39 is 5.97 Å². The van der Waals surface area contributed by atoms with Crippen molar-refractivity contribution in [3.05, 3.63) is 40.3 Å². The summed E-state index contributed by atoms with van der Waals surface area (Å²) in [6, 6.07) is 8.15. The number of nitrogens with one attached hydrogen (secondary N) is 1. The van der Waals surface area contributed by atoms with Crippen molar-refractivity contribution in [2.45, 2.75) is 52.0 Å². The lowest BCUT2D eigenvalue weighted by Crippen LogP contribution is -2.45. The highest BCUT2D eigenvalue weighted by molar-refractivity contribution is 7.17. The lowest BCUT2D eigenvalue weighted by atomic mass is 9.78. The van der Waals surface area contributed by atoms with E-state index in [1.54, 1.807) is 7.11 Å². The summed E-state index contributed by atoms with van der Waals surface area (Å²) in [6.45, 7) is 4.19. The number of rotatable bonds is 5. The van der Waals surface area contributed by atoms with E-state index in [2.05, 4.69) is 31.3 Å². The molecule has 1 N–H and O–H groups in total. The summed E-state index contributed by atoms with van der Waals surface area (Å²) >= 11 is 1.44. The van der Waals surface area contributed by atoms with Crippen molar-refractivity contribution in [1.29, 1.82) is 0 Å². The standard InChI is InChI=1S/C24H29NO4S/c1-14-5-4-6-20(15(14)2)25-22(26)13-29-24(27)21-12-17-8-7-16-11-18(28-3)9-10-19(16)23(17)30-21/h9-12,14-15,20H,4-8,13H2,1-3H3,(H,25,26)/t14-,15-,20+/m1/s1. The minimum absolute atomic E-state index is 0.169. The summed E-state index contributed by atoms with van der Waals surface area (Å²) in [5.41, 5.74) is 3.55. The Hall–Kier alpha value is -2.34. The molecule has 5 nitrogen and oxygen atoms in total. The van der Waals surface area contributed by atoms with Gasteiger partial charge in [0.1, 0.15) is 10.6 Å². The number of hydrogen-bond donors (Lipinski definition) is 1. The van der Waals surface area contributed by atoms with Gasteiger partial charge in [0.05, 0.1) is 7.11 Å². The first kappa shape index (κ1) is 20.9. The number of ether oxygens (including phenoxy) is 2. The van der Waals surface area contributed by atoms with Gasteiger partial charge < -0.3 is 14.8 Å². The fourth-order valence-corrected chi connectivity index (χ4v) is 5.74. The third kappa shape index (κ3) is 4.24. The first-order valence-electron chi connectivity index (χ1n) is 10.7. The second kappa shape index (κ2) is 8.80. The predicted molar refractivity (Wildman–Crippen MR) is 118 cm³/mol. The lowest BCUT2D eigenvalue weighted by molar-refractivity contribution is -0.125. The van der Waals surface area contributed by atoms with Crippen molar-refractivity contribution in [3.8, 4) is 16.2 Å². The first-order valence-corrected chi connectivity index (χ1v) is 11.5. The summed E-state index contributed by atoms with van der Waals surface area (Å²) < 4.78 is 10.7. The Bertz CT molecular complexity index is 951. The summed E-state index contributed by atoms with van der Waals surface area (Å²) in [4.78, 5) is 26.6. The Labute approximate surface area is 181 Å². The number of amides is 1. The van der Waals surface area contributed by atoms with E-state index in [1.165, 1.54) is 28.9 Å². The van der Waals surface area contributed by atoms with Gasteiger partial charge in [-0.05, 0) is 72.1 Å². The summed E-state index contributed by atoms with van der Waals surface area (Å²) in [5, 5.41) is 3.05. The van der Waals surface area contributed by atoms with E-state index in [0.29, 0.717) is 16.7 Å². The molecular weight excluding hydrogens is 398 g/mol. The molecule has 0 saturated heterocycles. The molecule has 6 heteroatoms. The van der Waals surface area contributed by atoms with E-state index in [0.717, 1.165) is 41.9 Å². The zero-order chi connectivity index (χ0) is 21.3. The van der Waals surface area contributed by atoms with Crippen molar-refractivity contribution in [2.24, 2.45) is 11.8 Å². The van der Waals surface area contributed by atoms with Gasteiger partial charge in [-0.15, -0.1) is 11.3 Å². The van der Waals surface area contributed by atoms with Crippen LogP contribution in [0.4, 0.5) is 0 Å². The number of hydrogen-bond acceptors (Lipinski definition) is 5. The molecule has 0 unspecified atom stereocenters. The third-order valence-corrected chi connectivity index (χ3v) is 7.81. The number of esters is 1. The van der Waals surface area contributed by atoms with Crippen molar-refractivity contribution in [3.63, 3.8) is 0 Å². The van der Waals surface area contributed by atoms with Crippen LogP contribution in [-0.2, 0) is 22.4 Å². The Morgan fingerprint density at radius 3 is 2.73 bits per heavy atom. The molecule has 0 radical (unpaired) electrons. The maximum Gasteiger partial charge on any atom is 0.348 e. The van der Waals surface area contributed by atoms with Crippen molar-refractivity contribution >= 4 is 23.2 Å². The van der Waals surface area contributed by atoms with Crippen molar-refractivity contribution in [1.82, 2.24) is 5.32 Å². The monoisotopic (exact) mass is 427 g/mol. The Balaban J connectivity index is 1.38. The highest BCUT2D eigenvalue weighted by atomic mass is 32.1. The Kier molecular flexibility index (Phi) is 6.14. The predicted octanol–water partition coefficient (Wildman–Crippen LogP) is 4.62. The molecule has 2 aliphatic carbocycles. The van der Waals surface area contributed by atoms with Crippen LogP contribution in [0.25, 0.3) is 10.4 Å². The largest absolute Gasteiger partial charge is 0.497 e. The number of carbonyl (C=O) groups excluding carboxylic acids is 2. The highest BCUT2D eigenvalue weighted by Gasteiger charge is 2.28. The molecule has 1 amide bonds. The summed E-state index contributed by atoms with van der Waals surface area (Å²) in [5.74, 6) is 1.26. The average molecular weight is 428 g/mol. The van der Waals surface area contributed by atoms with Gasteiger partial charge in [0.25, 0.3) is 5.91 Å². The Morgan fingerprint density at radius 2 is 1.93 bits per heavy atom. The molecular formula is C24H29NO4S. The highest BCUT2D eigenvalue weighted by Crippen LogP contribution is 2.41. The van der Waals surface area contributed by atoms with Crippen molar-refractivity contribution in [2.75, 3.05) is 13.7 Å². The van der Waals surface area contributed by atoms with Gasteiger partial charge in [0, 0.05) is 10.9 Å². The van der Waals surface area contributed by atoms with E-state index in [9.17, 15) is 9.59 Å². The molecule has 0 spiro atoms. The van der Waals surface area contributed by atoms with Gasteiger partial charge in [-0.3, -0.25) is 4.79 Å².